The SMILES string of the molecule is Cc1ccc(S(=O)(=O)[C@@H]2OCC[C@H]2O)cc1. The van der Waals surface area contributed by atoms with E-state index in [9.17, 15) is 13.5 Å². The van der Waals surface area contributed by atoms with Crippen molar-refractivity contribution >= 4 is 9.84 Å². The van der Waals surface area contributed by atoms with Crippen molar-refractivity contribution in [2.75, 3.05) is 6.61 Å². The van der Waals surface area contributed by atoms with Crippen LogP contribution in [0.3, 0.4) is 0 Å². The summed E-state index contributed by atoms with van der Waals surface area (Å²) >= 11 is 0. The summed E-state index contributed by atoms with van der Waals surface area (Å²) in [7, 11) is -3.58. The van der Waals surface area contributed by atoms with Crippen molar-refractivity contribution in [1.82, 2.24) is 0 Å². The average Bonchev–Trinajstić information content (AvgIpc) is 2.66. The third kappa shape index (κ3) is 1.98. The number of benzene rings is 1. The summed E-state index contributed by atoms with van der Waals surface area (Å²) in [5.74, 6) is 0. The van der Waals surface area contributed by atoms with E-state index in [-0.39, 0.29) is 11.5 Å². The van der Waals surface area contributed by atoms with E-state index in [1.807, 2.05) is 6.92 Å². The molecule has 2 atom stereocenters. The van der Waals surface area contributed by atoms with Crippen molar-refractivity contribution in [3.8, 4) is 0 Å². The molecule has 0 saturated carbocycles. The molecule has 0 aromatic heterocycles. The van der Waals surface area contributed by atoms with Gasteiger partial charge in [-0.2, -0.15) is 0 Å². The second-order valence-electron chi connectivity index (χ2n) is 3.95. The van der Waals surface area contributed by atoms with Crippen LogP contribution in [0.5, 0.6) is 0 Å². The van der Waals surface area contributed by atoms with E-state index in [0.29, 0.717) is 6.42 Å². The van der Waals surface area contributed by atoms with Gasteiger partial charge in [-0.15, -0.1) is 0 Å². The third-order valence-electron chi connectivity index (χ3n) is 2.67. The molecule has 16 heavy (non-hydrogen) atoms. The Morgan fingerprint density at radius 3 is 2.44 bits per heavy atom. The van der Waals surface area contributed by atoms with Crippen molar-refractivity contribution in [3.05, 3.63) is 29.8 Å². The molecule has 1 saturated heterocycles. The lowest BCUT2D eigenvalue weighted by Crippen LogP contribution is -2.30. The van der Waals surface area contributed by atoms with Crippen LogP contribution in [0.2, 0.25) is 0 Å². The Morgan fingerprint density at radius 2 is 1.94 bits per heavy atom. The number of aliphatic hydroxyl groups excluding tert-OH is 1. The van der Waals surface area contributed by atoms with E-state index in [1.165, 1.54) is 0 Å². The van der Waals surface area contributed by atoms with Crippen molar-refractivity contribution < 1.29 is 18.3 Å². The minimum atomic E-state index is -3.58. The normalized spacial score (nSPS) is 25.9. The van der Waals surface area contributed by atoms with Crippen molar-refractivity contribution in [2.24, 2.45) is 0 Å². The predicted molar refractivity (Wildman–Crippen MR) is 58.7 cm³/mol. The number of sulfone groups is 1. The molecule has 0 unspecified atom stereocenters. The second kappa shape index (κ2) is 4.16. The van der Waals surface area contributed by atoms with Crippen LogP contribution in [0, 0.1) is 6.92 Å². The molecule has 0 spiro atoms. The number of aryl methyl sites for hydroxylation is 1. The third-order valence-corrected chi connectivity index (χ3v) is 4.66. The van der Waals surface area contributed by atoms with Crippen LogP contribution in [0.15, 0.2) is 29.2 Å². The molecule has 88 valence electrons. The van der Waals surface area contributed by atoms with E-state index in [1.54, 1.807) is 24.3 Å². The lowest BCUT2D eigenvalue weighted by atomic mass is 10.2. The highest BCUT2D eigenvalue weighted by Crippen LogP contribution is 2.25. The summed E-state index contributed by atoms with van der Waals surface area (Å²) in [5, 5.41) is 9.54. The van der Waals surface area contributed by atoms with Gasteiger partial charge in [0, 0.05) is 6.42 Å². The van der Waals surface area contributed by atoms with Crippen LogP contribution in [0.4, 0.5) is 0 Å². The maximum Gasteiger partial charge on any atom is 0.207 e. The van der Waals surface area contributed by atoms with Crippen LogP contribution in [0.1, 0.15) is 12.0 Å². The first-order chi connectivity index (χ1) is 7.51. The predicted octanol–water partition coefficient (Wildman–Crippen LogP) is 0.876. The number of rotatable bonds is 2. The molecular weight excluding hydrogens is 228 g/mol. The zero-order valence-corrected chi connectivity index (χ0v) is 9.78. The fraction of sp³-hybridized carbons (Fsp3) is 0.455. The Hall–Kier alpha value is -0.910. The molecule has 1 N–H and O–H groups in total. The van der Waals surface area contributed by atoms with E-state index in [4.69, 9.17) is 4.74 Å². The van der Waals surface area contributed by atoms with Crippen molar-refractivity contribution in [1.29, 1.82) is 0 Å². The Balaban J connectivity index is 2.35. The summed E-state index contributed by atoms with van der Waals surface area (Å²) in [4.78, 5) is 0.198. The first kappa shape index (κ1) is 11.6. The maximum absolute atomic E-state index is 12.1. The number of hydrogen-bond acceptors (Lipinski definition) is 4. The van der Waals surface area contributed by atoms with Gasteiger partial charge in [0.2, 0.25) is 9.84 Å². The van der Waals surface area contributed by atoms with Gasteiger partial charge < -0.3 is 9.84 Å². The Bertz CT molecular complexity index is 463. The second-order valence-corrected chi connectivity index (χ2v) is 5.98. The highest BCUT2D eigenvalue weighted by Gasteiger charge is 2.38. The largest absolute Gasteiger partial charge is 0.389 e. The van der Waals surface area contributed by atoms with Crippen LogP contribution in [-0.4, -0.2) is 31.7 Å². The van der Waals surface area contributed by atoms with E-state index in [0.717, 1.165) is 5.56 Å². The smallest absolute Gasteiger partial charge is 0.207 e. The summed E-state index contributed by atoms with van der Waals surface area (Å²) < 4.78 is 29.2. The van der Waals surface area contributed by atoms with Gasteiger partial charge >= 0.3 is 0 Å². The summed E-state index contributed by atoms with van der Waals surface area (Å²) in [5.41, 5.74) is -0.123. The highest BCUT2D eigenvalue weighted by molar-refractivity contribution is 7.92. The lowest BCUT2D eigenvalue weighted by molar-refractivity contribution is 0.0951. The van der Waals surface area contributed by atoms with Crippen LogP contribution < -0.4 is 0 Å². The summed E-state index contributed by atoms with van der Waals surface area (Å²) in [6.07, 6.45) is -0.554. The van der Waals surface area contributed by atoms with Gasteiger partial charge in [0.15, 0.2) is 5.44 Å². The van der Waals surface area contributed by atoms with Crippen LogP contribution in [-0.2, 0) is 14.6 Å². The van der Waals surface area contributed by atoms with Crippen LogP contribution in [0.25, 0.3) is 0 Å². The fourth-order valence-corrected chi connectivity index (χ4v) is 3.32. The van der Waals surface area contributed by atoms with E-state index in [2.05, 4.69) is 0 Å². The zero-order chi connectivity index (χ0) is 11.8. The van der Waals surface area contributed by atoms with Gasteiger partial charge in [-0.25, -0.2) is 8.42 Å². The van der Waals surface area contributed by atoms with Crippen molar-refractivity contribution in [3.63, 3.8) is 0 Å². The molecule has 5 heteroatoms. The molecule has 0 aliphatic carbocycles. The van der Waals surface area contributed by atoms with Crippen molar-refractivity contribution in [2.45, 2.75) is 29.8 Å². The quantitative estimate of drug-likeness (QED) is 0.836. The monoisotopic (exact) mass is 242 g/mol. The molecule has 1 aromatic carbocycles. The minimum absolute atomic E-state index is 0.198. The maximum atomic E-state index is 12.1. The van der Waals surface area contributed by atoms with Gasteiger partial charge in [-0.1, -0.05) is 17.7 Å². The molecule has 1 aliphatic heterocycles. The van der Waals surface area contributed by atoms with E-state index >= 15 is 0 Å². The number of aliphatic hydroxyl groups is 1. The average molecular weight is 242 g/mol. The Morgan fingerprint density at radius 1 is 1.31 bits per heavy atom. The topological polar surface area (TPSA) is 63.6 Å². The molecule has 1 heterocycles. The molecule has 2 rings (SSSR count). The van der Waals surface area contributed by atoms with Gasteiger partial charge in [0.1, 0.15) is 0 Å². The Labute approximate surface area is 94.8 Å². The number of ether oxygens (including phenoxy) is 1. The van der Waals surface area contributed by atoms with Crippen LogP contribution >= 0.6 is 0 Å². The molecule has 0 radical (unpaired) electrons. The molecule has 1 aromatic rings. The molecule has 4 nitrogen and oxygen atoms in total. The van der Waals surface area contributed by atoms with E-state index < -0.39 is 21.4 Å². The standard InChI is InChI=1S/C11H14O4S/c1-8-2-4-9(5-3-8)16(13,14)11-10(12)6-7-15-11/h2-5,10-12H,6-7H2,1H3/t10-,11+/m1/s1. The fourth-order valence-electron chi connectivity index (χ4n) is 1.71. The lowest BCUT2D eigenvalue weighted by Gasteiger charge is -2.14. The molecular formula is C11H14O4S. The molecule has 0 amide bonds. The van der Waals surface area contributed by atoms with Gasteiger partial charge in [-0.05, 0) is 19.1 Å². The first-order valence-electron chi connectivity index (χ1n) is 5.12. The Kier molecular flexibility index (Phi) is 3.01. The van der Waals surface area contributed by atoms with Gasteiger partial charge in [-0.3, -0.25) is 0 Å². The molecule has 1 aliphatic rings. The molecule has 0 bridgehead atoms. The number of hydrogen-bond donors (Lipinski definition) is 1. The highest BCUT2D eigenvalue weighted by atomic mass is 32.2. The summed E-state index contributed by atoms with van der Waals surface area (Å²) in [6.45, 7) is 2.17. The van der Waals surface area contributed by atoms with Gasteiger partial charge in [0.05, 0.1) is 17.6 Å². The minimum Gasteiger partial charge on any atom is -0.389 e. The molecule has 1 fully saturated rings. The zero-order valence-electron chi connectivity index (χ0n) is 8.96. The van der Waals surface area contributed by atoms with Gasteiger partial charge in [0.25, 0.3) is 0 Å². The first-order valence-corrected chi connectivity index (χ1v) is 6.67. The summed E-state index contributed by atoms with van der Waals surface area (Å²) in [6, 6.07) is 6.54.